The second-order valence-electron chi connectivity index (χ2n) is 6.37. The first-order valence-corrected chi connectivity index (χ1v) is 8.91. The van der Waals surface area contributed by atoms with Crippen LogP contribution in [0.15, 0.2) is 65.9 Å². The van der Waals surface area contributed by atoms with Gasteiger partial charge in [0.2, 0.25) is 0 Å². The van der Waals surface area contributed by atoms with Crippen LogP contribution in [0.5, 0.6) is 0 Å². The third-order valence-corrected chi connectivity index (χ3v) is 4.56. The molecule has 7 nitrogen and oxygen atoms in total. The van der Waals surface area contributed by atoms with E-state index < -0.39 is 0 Å². The number of nitrogens with zero attached hydrogens (tertiary/aromatic N) is 2. The number of aromatic nitrogens is 1. The summed E-state index contributed by atoms with van der Waals surface area (Å²) in [5.74, 6) is -0.543. The molecule has 2 aromatic carbocycles. The van der Waals surface area contributed by atoms with Gasteiger partial charge in [0.25, 0.3) is 0 Å². The van der Waals surface area contributed by atoms with Crippen molar-refractivity contribution in [2.24, 2.45) is 4.99 Å². The van der Waals surface area contributed by atoms with Crippen molar-refractivity contribution in [1.29, 1.82) is 0 Å². The summed E-state index contributed by atoms with van der Waals surface area (Å²) in [5.41, 5.74) is 10.9. The van der Waals surface area contributed by atoms with E-state index in [4.69, 9.17) is 15.2 Å². The van der Waals surface area contributed by atoms with E-state index in [2.05, 4.69) is 9.98 Å². The number of pyridine rings is 1. The third kappa shape index (κ3) is 3.84. The van der Waals surface area contributed by atoms with Gasteiger partial charge in [-0.3, -0.25) is 9.98 Å². The van der Waals surface area contributed by atoms with E-state index in [1.165, 1.54) is 0 Å². The van der Waals surface area contributed by atoms with Gasteiger partial charge in [0.15, 0.2) is 0 Å². The van der Waals surface area contributed by atoms with Crippen molar-refractivity contribution in [2.75, 3.05) is 5.73 Å². The van der Waals surface area contributed by atoms with Gasteiger partial charge in [0, 0.05) is 35.4 Å². The molecule has 29 heavy (non-hydrogen) atoms. The Morgan fingerprint density at radius 3 is 2.17 bits per heavy atom. The minimum Gasteiger partial charge on any atom is -0.457 e. The highest BCUT2D eigenvalue weighted by Gasteiger charge is 2.23. The molecule has 0 unspecified atom stereocenters. The number of nitrogens with two attached hydrogens (primary N) is 1. The maximum Gasteiger partial charge on any atom is 0.338 e. The molecule has 0 bridgehead atoms. The lowest BCUT2D eigenvalue weighted by atomic mass is 10.1. The molecule has 1 aromatic heterocycles. The highest BCUT2D eigenvalue weighted by Crippen LogP contribution is 2.29. The van der Waals surface area contributed by atoms with Gasteiger partial charge in [-0.2, -0.15) is 0 Å². The minimum atomic E-state index is -0.272. The van der Waals surface area contributed by atoms with Crippen LogP contribution in [0.3, 0.4) is 0 Å². The molecule has 3 heterocycles. The van der Waals surface area contributed by atoms with Crippen molar-refractivity contribution < 1.29 is 19.1 Å². The fourth-order valence-corrected chi connectivity index (χ4v) is 3.02. The highest BCUT2D eigenvalue weighted by molar-refractivity contribution is 5.96. The van der Waals surface area contributed by atoms with Crippen LogP contribution >= 0.6 is 0 Å². The van der Waals surface area contributed by atoms with E-state index in [-0.39, 0.29) is 11.9 Å². The van der Waals surface area contributed by atoms with Gasteiger partial charge in [0.1, 0.15) is 13.2 Å². The van der Waals surface area contributed by atoms with Crippen LogP contribution in [-0.2, 0) is 22.7 Å². The normalized spacial score (nSPS) is 13.9. The maximum atomic E-state index is 11.4. The summed E-state index contributed by atoms with van der Waals surface area (Å²) in [6.07, 6.45) is 5.17. The van der Waals surface area contributed by atoms with Gasteiger partial charge in [-0.05, 0) is 42.0 Å². The predicted molar refractivity (Wildman–Crippen MR) is 107 cm³/mol. The SMILES string of the molecule is Nc1cccc2c1COC2=O.O=C1OCc2c(N=Cc3ccncc3)cccc21. The Morgan fingerprint density at radius 1 is 0.862 bits per heavy atom. The number of rotatable bonds is 2. The molecular weight excluding hydrogens is 370 g/mol. The number of aliphatic imine (C=N–C) groups is 1. The van der Waals surface area contributed by atoms with Crippen molar-refractivity contribution in [3.63, 3.8) is 0 Å². The standard InChI is InChI=1S/C14H10N2O2.C8H7NO2/c17-14-11-2-1-3-13(12(11)9-18-14)16-8-10-4-6-15-7-5-10;9-7-3-1-2-5-6(7)4-11-8(5)10/h1-8H,9H2;1-3H,4,9H2. The quantitative estimate of drug-likeness (QED) is 0.410. The lowest BCUT2D eigenvalue weighted by molar-refractivity contribution is 0.0526. The van der Waals surface area contributed by atoms with Gasteiger partial charge in [-0.1, -0.05) is 12.1 Å². The monoisotopic (exact) mass is 387 g/mol. The molecule has 0 fully saturated rings. The van der Waals surface area contributed by atoms with Crippen LogP contribution < -0.4 is 5.73 Å². The summed E-state index contributed by atoms with van der Waals surface area (Å²) in [4.78, 5) is 30.7. The molecule has 3 aromatic rings. The molecule has 0 saturated carbocycles. The molecule has 0 amide bonds. The fourth-order valence-electron chi connectivity index (χ4n) is 3.02. The minimum absolute atomic E-state index is 0.271. The summed E-state index contributed by atoms with van der Waals surface area (Å²) >= 11 is 0. The highest BCUT2D eigenvalue weighted by atomic mass is 16.5. The number of benzene rings is 2. The Bertz CT molecular complexity index is 1110. The Morgan fingerprint density at radius 2 is 1.48 bits per heavy atom. The topological polar surface area (TPSA) is 104 Å². The molecule has 144 valence electrons. The number of nitrogen functional groups attached to an aromatic ring is 1. The first-order valence-electron chi connectivity index (χ1n) is 8.91. The van der Waals surface area contributed by atoms with Crippen LogP contribution in [0.1, 0.15) is 37.4 Å². The lowest BCUT2D eigenvalue weighted by Gasteiger charge is -1.99. The number of carbonyl (C=O) groups is 2. The summed E-state index contributed by atoms with van der Waals surface area (Å²) < 4.78 is 9.78. The Labute approximate surface area is 166 Å². The van der Waals surface area contributed by atoms with Crippen LogP contribution in [0, 0.1) is 0 Å². The first kappa shape index (κ1) is 18.4. The molecule has 0 aliphatic carbocycles. The average Bonchev–Trinajstić information content (AvgIpc) is 3.32. The maximum absolute atomic E-state index is 11.4. The number of anilines is 1. The Hall–Kier alpha value is -4.00. The molecule has 0 spiro atoms. The van der Waals surface area contributed by atoms with E-state index in [0.29, 0.717) is 30.0 Å². The molecule has 7 heteroatoms. The number of esters is 2. The van der Waals surface area contributed by atoms with Gasteiger partial charge < -0.3 is 15.2 Å². The second-order valence-corrected chi connectivity index (χ2v) is 6.37. The summed E-state index contributed by atoms with van der Waals surface area (Å²) in [6, 6.07) is 14.4. The zero-order valence-corrected chi connectivity index (χ0v) is 15.4. The number of carbonyl (C=O) groups excluding carboxylic acids is 2. The summed E-state index contributed by atoms with van der Waals surface area (Å²) in [7, 11) is 0. The van der Waals surface area contributed by atoms with Crippen LogP contribution in [0.25, 0.3) is 0 Å². The van der Waals surface area contributed by atoms with Crippen LogP contribution in [-0.4, -0.2) is 23.1 Å². The summed E-state index contributed by atoms with van der Waals surface area (Å²) in [5, 5.41) is 0. The zero-order chi connectivity index (χ0) is 20.2. The number of cyclic esters (lactones) is 2. The van der Waals surface area contributed by atoms with Crippen molar-refractivity contribution >= 4 is 29.5 Å². The Balaban J connectivity index is 0.000000159. The fraction of sp³-hybridized carbons (Fsp3) is 0.0909. The van der Waals surface area contributed by atoms with Gasteiger partial charge >= 0.3 is 11.9 Å². The summed E-state index contributed by atoms with van der Waals surface area (Å²) in [6.45, 7) is 0.624. The van der Waals surface area contributed by atoms with E-state index in [9.17, 15) is 9.59 Å². The first-order chi connectivity index (χ1) is 14.1. The second kappa shape index (κ2) is 7.93. The van der Waals surface area contributed by atoms with Crippen LogP contribution in [0.4, 0.5) is 11.4 Å². The van der Waals surface area contributed by atoms with Crippen molar-refractivity contribution in [3.05, 3.63) is 88.7 Å². The number of hydrogen-bond donors (Lipinski definition) is 1. The number of fused-ring (bicyclic) bond motifs is 2. The average molecular weight is 387 g/mol. The van der Waals surface area contributed by atoms with Crippen molar-refractivity contribution in [3.8, 4) is 0 Å². The number of ether oxygens (including phenoxy) is 2. The molecule has 0 saturated heterocycles. The number of hydrogen-bond acceptors (Lipinski definition) is 7. The molecule has 2 aliphatic rings. The largest absolute Gasteiger partial charge is 0.457 e. The molecule has 0 radical (unpaired) electrons. The molecule has 0 atom stereocenters. The van der Waals surface area contributed by atoms with E-state index in [0.717, 1.165) is 22.4 Å². The molecule has 5 rings (SSSR count). The predicted octanol–water partition coefficient (Wildman–Crippen LogP) is 3.44. The third-order valence-electron chi connectivity index (χ3n) is 4.56. The van der Waals surface area contributed by atoms with Crippen molar-refractivity contribution in [1.82, 2.24) is 4.98 Å². The smallest absolute Gasteiger partial charge is 0.338 e. The van der Waals surface area contributed by atoms with Gasteiger partial charge in [-0.25, -0.2) is 9.59 Å². The van der Waals surface area contributed by atoms with Crippen LogP contribution in [0.2, 0.25) is 0 Å². The van der Waals surface area contributed by atoms with Crippen molar-refractivity contribution in [2.45, 2.75) is 13.2 Å². The van der Waals surface area contributed by atoms with Gasteiger partial charge in [-0.15, -0.1) is 0 Å². The van der Waals surface area contributed by atoms with E-state index in [1.807, 2.05) is 24.3 Å². The molecule has 2 N–H and O–H groups in total. The molecule has 2 aliphatic heterocycles. The lowest BCUT2D eigenvalue weighted by Crippen LogP contribution is -1.94. The zero-order valence-electron chi connectivity index (χ0n) is 15.4. The van der Waals surface area contributed by atoms with E-state index >= 15 is 0 Å². The Kier molecular flexibility index (Phi) is 5.03. The van der Waals surface area contributed by atoms with E-state index in [1.54, 1.807) is 42.9 Å². The molecular formula is C22H17N3O4. The van der Waals surface area contributed by atoms with Gasteiger partial charge in [0.05, 0.1) is 16.8 Å².